The van der Waals surface area contributed by atoms with Gasteiger partial charge in [-0.2, -0.15) is 5.26 Å². The highest BCUT2D eigenvalue weighted by Crippen LogP contribution is 2.37. The van der Waals surface area contributed by atoms with E-state index in [2.05, 4.69) is 10.8 Å². The van der Waals surface area contributed by atoms with Crippen molar-refractivity contribution in [3.05, 3.63) is 22.1 Å². The normalized spacial score (nSPS) is 16.9. The average molecular weight is 345 g/mol. The lowest BCUT2D eigenvalue weighted by atomic mass is 9.83. The number of rotatable bonds is 6. The van der Waals surface area contributed by atoms with Crippen molar-refractivity contribution in [3.8, 4) is 6.07 Å². The number of halogens is 1. The summed E-state index contributed by atoms with van der Waals surface area (Å²) in [6.45, 7) is 11.2. The van der Waals surface area contributed by atoms with Crippen LogP contribution in [0, 0.1) is 22.6 Å². The van der Waals surface area contributed by atoms with Crippen molar-refractivity contribution in [2.24, 2.45) is 5.41 Å². The van der Waals surface area contributed by atoms with Gasteiger partial charge >= 0.3 is 0 Å². The molecule has 1 N–H and O–H groups in total. The summed E-state index contributed by atoms with van der Waals surface area (Å²) in [6, 6.07) is 3.69. The van der Waals surface area contributed by atoms with Gasteiger partial charge in [-0.05, 0) is 65.8 Å². The minimum atomic E-state index is -1.32. The number of nitriles is 1. The van der Waals surface area contributed by atoms with Crippen molar-refractivity contribution in [2.45, 2.75) is 64.7 Å². The van der Waals surface area contributed by atoms with Gasteiger partial charge in [-0.1, -0.05) is 0 Å². The molecule has 0 amide bonds. The van der Waals surface area contributed by atoms with Crippen molar-refractivity contribution in [1.29, 1.82) is 5.26 Å². The minimum absolute atomic E-state index is 0.291. The van der Waals surface area contributed by atoms with E-state index in [0.29, 0.717) is 17.7 Å². The van der Waals surface area contributed by atoms with Crippen LogP contribution in [0.5, 0.6) is 0 Å². The van der Waals surface area contributed by atoms with Crippen molar-refractivity contribution in [3.63, 3.8) is 0 Å². The maximum Gasteiger partial charge on any atom is 0.139 e. The van der Waals surface area contributed by atoms with E-state index in [1.54, 1.807) is 5.38 Å². The predicted octanol–water partition coefficient (Wildman–Crippen LogP) is 4.48. The molecule has 6 heteroatoms. The van der Waals surface area contributed by atoms with Gasteiger partial charge in [-0.25, -0.2) is 4.39 Å². The van der Waals surface area contributed by atoms with E-state index in [4.69, 9.17) is 0 Å². The third-order valence-corrected chi connectivity index (χ3v) is 6.45. The number of thiophene rings is 1. The molecule has 0 saturated carbocycles. The topological polar surface area (TPSA) is 58.9 Å². The molecule has 0 fully saturated rings. The molecule has 0 saturated heterocycles. The maximum absolute atomic E-state index is 14.1. The molecule has 1 aromatic rings. The molecule has 0 spiro atoms. The second kappa shape index (κ2) is 6.88. The summed E-state index contributed by atoms with van der Waals surface area (Å²) >= 11 is -0.0103. The van der Waals surface area contributed by atoms with Crippen LogP contribution in [0.15, 0.2) is 11.4 Å². The number of nitrogens with one attached hydrogen (secondary N) is 1. The van der Waals surface area contributed by atoms with Gasteiger partial charge in [0.15, 0.2) is 0 Å². The summed E-state index contributed by atoms with van der Waals surface area (Å²) in [5, 5.41) is 10.9. The molecular weight excluding hydrogens is 319 g/mol. The van der Waals surface area contributed by atoms with Crippen molar-refractivity contribution >= 4 is 22.7 Å². The van der Waals surface area contributed by atoms with Gasteiger partial charge in [0.05, 0.1) is 21.9 Å². The van der Waals surface area contributed by atoms with E-state index in [-0.39, 0.29) is 5.82 Å². The average Bonchev–Trinajstić information content (AvgIpc) is 2.82. The Morgan fingerprint density at radius 3 is 2.27 bits per heavy atom. The Labute approximate surface area is 140 Å². The highest BCUT2D eigenvalue weighted by molar-refractivity contribution is 7.90. The fourth-order valence-electron chi connectivity index (χ4n) is 1.87. The summed E-state index contributed by atoms with van der Waals surface area (Å²) in [5.74, 6) is -0.291. The van der Waals surface area contributed by atoms with Crippen LogP contribution in [-0.4, -0.2) is 9.30 Å². The monoisotopic (exact) mass is 344 g/mol. The van der Waals surface area contributed by atoms with Crippen molar-refractivity contribution in [2.75, 3.05) is 0 Å². The first kappa shape index (κ1) is 19.4. The smallest absolute Gasteiger partial charge is 0.139 e. The molecule has 124 valence electrons. The predicted molar refractivity (Wildman–Crippen MR) is 91.3 cm³/mol. The van der Waals surface area contributed by atoms with E-state index < -0.39 is 27.1 Å². The van der Waals surface area contributed by atoms with Gasteiger partial charge in [0.1, 0.15) is 10.6 Å². The first-order chi connectivity index (χ1) is 9.91. The highest BCUT2D eigenvalue weighted by Gasteiger charge is 2.40. The second-order valence-electron chi connectivity index (χ2n) is 7.41. The maximum atomic E-state index is 14.1. The number of hydrogen-bond acceptors (Lipinski definition) is 4. The zero-order valence-corrected chi connectivity index (χ0v) is 15.8. The Morgan fingerprint density at radius 2 is 1.86 bits per heavy atom. The van der Waals surface area contributed by atoms with Crippen LogP contribution in [0.1, 0.15) is 59.3 Å². The summed E-state index contributed by atoms with van der Waals surface area (Å²) in [4.78, 5) is 0.541. The fourth-order valence-corrected chi connectivity index (χ4v) is 3.78. The highest BCUT2D eigenvalue weighted by atomic mass is 32.2. The molecule has 22 heavy (non-hydrogen) atoms. The summed E-state index contributed by atoms with van der Waals surface area (Å²) < 4.78 is 29.3. The summed E-state index contributed by atoms with van der Waals surface area (Å²) in [5.41, 5.74) is -1.26. The summed E-state index contributed by atoms with van der Waals surface area (Å²) in [7, 11) is 0. The van der Waals surface area contributed by atoms with Crippen LogP contribution in [-0.2, 0) is 16.9 Å². The molecule has 1 aromatic heterocycles. The van der Waals surface area contributed by atoms with Gasteiger partial charge in [-0.15, -0.1) is 16.1 Å². The van der Waals surface area contributed by atoms with E-state index in [9.17, 15) is 14.2 Å². The van der Waals surface area contributed by atoms with Gasteiger partial charge in [0.2, 0.25) is 0 Å². The zero-order valence-electron chi connectivity index (χ0n) is 14.1. The van der Waals surface area contributed by atoms with Crippen LogP contribution < -0.4 is 4.72 Å². The third kappa shape index (κ3) is 4.95. The van der Waals surface area contributed by atoms with Crippen LogP contribution in [0.25, 0.3) is 0 Å². The molecule has 0 radical (unpaired) electrons. The molecular formula is C16H25FN2OS2. The Balaban J connectivity index is 3.06. The Hall–Kier alpha value is -0.610. The second-order valence-corrected chi connectivity index (χ2v) is 10.3. The molecule has 1 rings (SSSR count). The summed E-state index contributed by atoms with van der Waals surface area (Å²) in [6.07, 6.45) is 1.12. The Kier molecular flexibility index (Phi) is 6.07. The van der Waals surface area contributed by atoms with Crippen molar-refractivity contribution in [1.82, 2.24) is 4.72 Å². The lowest BCUT2D eigenvalue weighted by Gasteiger charge is -2.35. The molecule has 0 bridgehead atoms. The van der Waals surface area contributed by atoms with Crippen LogP contribution in [0.4, 0.5) is 4.39 Å². The molecule has 2 atom stereocenters. The fraction of sp³-hybridized carbons (Fsp3) is 0.688. The third-order valence-electron chi connectivity index (χ3n) is 3.55. The number of nitrogens with zero attached hydrogens (tertiary/aromatic N) is 1. The molecule has 3 nitrogen and oxygen atoms in total. The Bertz CT molecular complexity index is 545. The van der Waals surface area contributed by atoms with E-state index >= 15 is 0 Å². The van der Waals surface area contributed by atoms with Gasteiger partial charge in [0, 0.05) is 11.4 Å². The molecule has 0 aliphatic heterocycles. The molecule has 0 aromatic carbocycles. The Morgan fingerprint density at radius 1 is 1.27 bits per heavy atom. The molecule has 0 unspecified atom stereocenters. The first-order valence-corrected chi connectivity index (χ1v) is 9.29. The van der Waals surface area contributed by atoms with E-state index in [0.717, 1.165) is 0 Å². The van der Waals surface area contributed by atoms with Crippen LogP contribution in [0.3, 0.4) is 0 Å². The zero-order chi connectivity index (χ0) is 17.2. The molecule has 0 aliphatic rings. The number of hydrogen-bond donors (Lipinski definition) is 1. The largest absolute Gasteiger partial charge is 0.598 e. The van der Waals surface area contributed by atoms with E-state index in [1.807, 2.05) is 41.5 Å². The standard InChI is InChI=1S/C16H25FN2OS2/c1-14(2,3)22(20)19-16(6,9-8-15(4,5)11-18)13-12(17)7-10-21-13/h7,10,19H,8-9H2,1-6H3/t16-,22+/m0/s1. The quantitative estimate of drug-likeness (QED) is 0.774. The minimum Gasteiger partial charge on any atom is -0.598 e. The SMILES string of the molecule is CC(C)(C#N)CC[C@](C)(N[S@+]([O-])C(C)(C)C)c1sccc1F. The van der Waals surface area contributed by atoms with Gasteiger partial charge in [-0.3, -0.25) is 0 Å². The van der Waals surface area contributed by atoms with Gasteiger partial charge < -0.3 is 4.55 Å². The first-order valence-electron chi connectivity index (χ1n) is 7.26. The van der Waals surface area contributed by atoms with Crippen molar-refractivity contribution < 1.29 is 8.94 Å². The van der Waals surface area contributed by atoms with Gasteiger partial charge in [0.25, 0.3) is 0 Å². The van der Waals surface area contributed by atoms with Crippen LogP contribution >= 0.6 is 11.3 Å². The van der Waals surface area contributed by atoms with E-state index in [1.165, 1.54) is 17.4 Å². The molecule has 1 heterocycles. The lowest BCUT2D eigenvalue weighted by Crippen LogP contribution is -2.50. The van der Waals surface area contributed by atoms with Crippen LogP contribution in [0.2, 0.25) is 0 Å². The lowest BCUT2D eigenvalue weighted by molar-refractivity contribution is 0.318. The molecule has 0 aliphatic carbocycles.